The van der Waals surface area contributed by atoms with Gasteiger partial charge in [-0.2, -0.15) is 0 Å². The summed E-state index contributed by atoms with van der Waals surface area (Å²) >= 11 is 0. The third-order valence-corrected chi connectivity index (χ3v) is 1.33. The molecule has 0 aliphatic rings. The SMILES string of the molecule is CC(=O)O[C@@H](C(=O)[O-])[C@@H](OC(C)=O)C(=O)[O-]. The average molecular weight is 232 g/mol. The van der Waals surface area contributed by atoms with Gasteiger partial charge in [0, 0.05) is 13.8 Å². The van der Waals surface area contributed by atoms with Crippen LogP contribution in [0, 0.1) is 0 Å². The maximum atomic E-state index is 10.5. The number of hydrogen-bond donors (Lipinski definition) is 0. The zero-order valence-corrected chi connectivity index (χ0v) is 8.42. The molecular formula is C8H8O8-2. The molecular weight excluding hydrogens is 224 g/mol. The van der Waals surface area contributed by atoms with E-state index in [-0.39, 0.29) is 0 Å². The number of aliphatic carboxylic acids is 2. The van der Waals surface area contributed by atoms with Gasteiger partial charge in [-0.1, -0.05) is 0 Å². The predicted molar refractivity (Wildman–Crippen MR) is 41.1 cm³/mol. The largest absolute Gasteiger partial charge is 0.546 e. The Kier molecular flexibility index (Phi) is 4.93. The van der Waals surface area contributed by atoms with Crippen LogP contribution in [0.15, 0.2) is 0 Å². The van der Waals surface area contributed by atoms with Crippen molar-refractivity contribution in [3.8, 4) is 0 Å². The number of esters is 2. The molecule has 0 aromatic rings. The summed E-state index contributed by atoms with van der Waals surface area (Å²) in [5.74, 6) is -6.14. The summed E-state index contributed by atoms with van der Waals surface area (Å²) in [4.78, 5) is 42.0. The second-order valence-electron chi connectivity index (χ2n) is 2.70. The van der Waals surface area contributed by atoms with E-state index < -0.39 is 36.1 Å². The van der Waals surface area contributed by atoms with Gasteiger partial charge in [0.2, 0.25) is 0 Å². The molecule has 2 atom stereocenters. The van der Waals surface area contributed by atoms with Gasteiger partial charge in [0.1, 0.15) is 0 Å². The lowest BCUT2D eigenvalue weighted by atomic mass is 10.2. The van der Waals surface area contributed by atoms with E-state index in [9.17, 15) is 29.4 Å². The van der Waals surface area contributed by atoms with Gasteiger partial charge in [-0.3, -0.25) is 9.59 Å². The van der Waals surface area contributed by atoms with Gasteiger partial charge in [0.15, 0.2) is 12.2 Å². The topological polar surface area (TPSA) is 133 Å². The van der Waals surface area contributed by atoms with Gasteiger partial charge in [-0.15, -0.1) is 0 Å². The molecule has 0 aliphatic heterocycles. The highest BCUT2D eigenvalue weighted by Gasteiger charge is 2.29. The van der Waals surface area contributed by atoms with Crippen molar-refractivity contribution in [2.45, 2.75) is 26.1 Å². The Morgan fingerprint density at radius 3 is 1.19 bits per heavy atom. The van der Waals surface area contributed by atoms with E-state index in [4.69, 9.17) is 0 Å². The molecule has 8 nitrogen and oxygen atoms in total. The number of carbonyl (C=O) groups excluding carboxylic acids is 4. The first-order valence-electron chi connectivity index (χ1n) is 4.02. The fraction of sp³-hybridized carbons (Fsp3) is 0.500. The molecule has 0 saturated heterocycles. The number of ether oxygens (including phenoxy) is 2. The minimum Gasteiger partial charge on any atom is -0.546 e. The normalized spacial score (nSPS) is 13.4. The number of hydrogen-bond acceptors (Lipinski definition) is 8. The lowest BCUT2D eigenvalue weighted by Crippen LogP contribution is -2.54. The number of carboxylic acid groups (broad SMARTS) is 2. The summed E-state index contributed by atoms with van der Waals surface area (Å²) in [6.45, 7) is 1.71. The second kappa shape index (κ2) is 5.69. The van der Waals surface area contributed by atoms with E-state index in [1.807, 2.05) is 0 Å². The van der Waals surface area contributed by atoms with Crippen LogP contribution in [-0.2, 0) is 28.7 Å². The van der Waals surface area contributed by atoms with E-state index in [0.717, 1.165) is 13.8 Å². The average Bonchev–Trinajstić information content (AvgIpc) is 2.09. The summed E-state index contributed by atoms with van der Waals surface area (Å²) < 4.78 is 8.27. The van der Waals surface area contributed by atoms with Gasteiger partial charge in [-0.05, 0) is 0 Å². The lowest BCUT2D eigenvalue weighted by molar-refractivity contribution is -0.334. The van der Waals surface area contributed by atoms with Crippen molar-refractivity contribution in [2.24, 2.45) is 0 Å². The summed E-state index contributed by atoms with van der Waals surface area (Å²) in [7, 11) is 0. The zero-order chi connectivity index (χ0) is 12.9. The van der Waals surface area contributed by atoms with Crippen molar-refractivity contribution in [3.05, 3.63) is 0 Å². The first-order chi connectivity index (χ1) is 7.25. The Bertz CT molecular complexity index is 288. The van der Waals surface area contributed by atoms with Crippen LogP contribution in [0.25, 0.3) is 0 Å². The Morgan fingerprint density at radius 2 is 1.06 bits per heavy atom. The number of carbonyl (C=O) groups is 4. The quantitative estimate of drug-likeness (QED) is 0.443. The van der Waals surface area contributed by atoms with E-state index in [1.54, 1.807) is 0 Å². The molecule has 90 valence electrons. The Morgan fingerprint density at radius 1 is 0.812 bits per heavy atom. The molecule has 0 bridgehead atoms. The first-order valence-corrected chi connectivity index (χ1v) is 4.02. The fourth-order valence-corrected chi connectivity index (χ4v) is 0.825. The van der Waals surface area contributed by atoms with Crippen LogP contribution in [0.1, 0.15) is 13.8 Å². The maximum Gasteiger partial charge on any atom is 0.303 e. The molecule has 0 rings (SSSR count). The summed E-state index contributed by atoms with van der Waals surface area (Å²) in [5.41, 5.74) is 0. The van der Waals surface area contributed by atoms with Crippen molar-refractivity contribution in [1.82, 2.24) is 0 Å². The molecule has 0 heterocycles. The third-order valence-electron chi connectivity index (χ3n) is 1.33. The molecule has 0 amide bonds. The van der Waals surface area contributed by atoms with Crippen LogP contribution in [0.2, 0.25) is 0 Å². The minimum atomic E-state index is -2.24. The van der Waals surface area contributed by atoms with Crippen molar-refractivity contribution in [2.75, 3.05) is 0 Å². The maximum absolute atomic E-state index is 10.5. The van der Waals surface area contributed by atoms with Crippen LogP contribution in [-0.4, -0.2) is 36.1 Å². The van der Waals surface area contributed by atoms with E-state index >= 15 is 0 Å². The summed E-state index contributed by atoms with van der Waals surface area (Å²) in [6.07, 6.45) is -4.49. The van der Waals surface area contributed by atoms with Crippen molar-refractivity contribution < 1.29 is 38.9 Å². The number of carboxylic acids is 2. The van der Waals surface area contributed by atoms with Crippen LogP contribution >= 0.6 is 0 Å². The molecule has 16 heavy (non-hydrogen) atoms. The Hall–Kier alpha value is -2.12. The highest BCUT2D eigenvalue weighted by Crippen LogP contribution is 2.04. The molecule has 0 radical (unpaired) electrons. The Labute approximate surface area is 89.8 Å². The van der Waals surface area contributed by atoms with Crippen LogP contribution in [0.3, 0.4) is 0 Å². The second-order valence-corrected chi connectivity index (χ2v) is 2.70. The summed E-state index contributed by atoms with van der Waals surface area (Å²) in [6, 6.07) is 0. The monoisotopic (exact) mass is 232 g/mol. The minimum absolute atomic E-state index is 0.857. The van der Waals surface area contributed by atoms with Crippen molar-refractivity contribution >= 4 is 23.9 Å². The standard InChI is InChI=1S/C8H10O8/c1-3(9)15-5(7(11)12)6(8(13)14)16-4(2)10/h5-6H,1-2H3,(H,11,12)(H,13,14)/p-2/t5-,6-/m1/s1. The van der Waals surface area contributed by atoms with Crippen LogP contribution < -0.4 is 10.2 Å². The molecule has 0 fully saturated rings. The molecule has 0 unspecified atom stereocenters. The molecule has 0 aromatic carbocycles. The fourth-order valence-electron chi connectivity index (χ4n) is 0.825. The highest BCUT2D eigenvalue weighted by atomic mass is 16.6. The summed E-state index contributed by atoms with van der Waals surface area (Å²) in [5, 5.41) is 21.0. The van der Waals surface area contributed by atoms with E-state index in [0.29, 0.717) is 0 Å². The van der Waals surface area contributed by atoms with Crippen molar-refractivity contribution in [1.29, 1.82) is 0 Å². The van der Waals surface area contributed by atoms with Gasteiger partial charge < -0.3 is 29.3 Å². The highest BCUT2D eigenvalue weighted by molar-refractivity contribution is 5.85. The Balaban J connectivity index is 4.93. The molecule has 0 N–H and O–H groups in total. The lowest BCUT2D eigenvalue weighted by Gasteiger charge is -2.27. The van der Waals surface area contributed by atoms with Crippen LogP contribution in [0.5, 0.6) is 0 Å². The molecule has 0 aliphatic carbocycles. The van der Waals surface area contributed by atoms with E-state index in [1.165, 1.54) is 0 Å². The predicted octanol–water partition coefficient (Wildman–Crippen LogP) is -3.65. The van der Waals surface area contributed by atoms with Gasteiger partial charge >= 0.3 is 11.9 Å². The van der Waals surface area contributed by atoms with Gasteiger partial charge in [0.05, 0.1) is 11.9 Å². The van der Waals surface area contributed by atoms with Crippen LogP contribution in [0.4, 0.5) is 0 Å². The molecule has 8 heteroatoms. The molecule has 0 saturated carbocycles. The first kappa shape index (κ1) is 13.9. The molecule has 0 spiro atoms. The zero-order valence-electron chi connectivity index (χ0n) is 8.42. The van der Waals surface area contributed by atoms with E-state index in [2.05, 4.69) is 9.47 Å². The smallest absolute Gasteiger partial charge is 0.303 e. The molecule has 0 aromatic heterocycles. The van der Waals surface area contributed by atoms with Crippen molar-refractivity contribution in [3.63, 3.8) is 0 Å². The van der Waals surface area contributed by atoms with Gasteiger partial charge in [0.25, 0.3) is 0 Å². The third kappa shape index (κ3) is 4.40. The number of rotatable bonds is 5. The van der Waals surface area contributed by atoms with Gasteiger partial charge in [-0.25, -0.2) is 0 Å².